The van der Waals surface area contributed by atoms with E-state index in [2.05, 4.69) is 15.5 Å². The first-order valence-corrected chi connectivity index (χ1v) is 9.50. The number of hydrogen-bond donors (Lipinski definition) is 1. The third-order valence-corrected chi connectivity index (χ3v) is 5.23. The number of benzene rings is 1. The minimum absolute atomic E-state index is 0.287. The number of methoxy groups -OCH3 is 1. The van der Waals surface area contributed by atoms with Crippen LogP contribution in [0.1, 0.15) is 27.4 Å². The van der Waals surface area contributed by atoms with Gasteiger partial charge in [-0.3, -0.25) is 4.79 Å². The van der Waals surface area contributed by atoms with Crippen molar-refractivity contribution in [1.29, 1.82) is 0 Å². The molecule has 0 spiro atoms. The maximum atomic E-state index is 12.8. The summed E-state index contributed by atoms with van der Waals surface area (Å²) in [4.78, 5) is 17.2. The van der Waals surface area contributed by atoms with Crippen LogP contribution in [0.2, 0.25) is 5.02 Å². The Kier molecular flexibility index (Phi) is 6.03. The van der Waals surface area contributed by atoms with E-state index in [4.69, 9.17) is 20.9 Å². The summed E-state index contributed by atoms with van der Waals surface area (Å²) in [5.41, 5.74) is 2.82. The summed E-state index contributed by atoms with van der Waals surface area (Å²) < 4.78 is 10.5. The molecule has 6 nitrogen and oxygen atoms in total. The molecule has 1 amide bonds. The first-order valence-electron chi connectivity index (χ1n) is 8.14. The van der Waals surface area contributed by atoms with Gasteiger partial charge in [0.25, 0.3) is 5.91 Å². The summed E-state index contributed by atoms with van der Waals surface area (Å²) in [6, 6.07) is 8.50. The SMILES string of the molecule is COc1ccc(Cl)cc1NC(=O)c1cccnc1SCc1c(C)noc1C. The van der Waals surface area contributed by atoms with Crippen LogP contribution < -0.4 is 10.1 Å². The van der Waals surface area contributed by atoms with Crippen LogP contribution >= 0.6 is 23.4 Å². The Morgan fingerprint density at radius 3 is 2.85 bits per heavy atom. The zero-order chi connectivity index (χ0) is 19.4. The van der Waals surface area contributed by atoms with Crippen molar-refractivity contribution in [3.63, 3.8) is 0 Å². The normalized spacial score (nSPS) is 10.7. The number of hydrogen-bond acceptors (Lipinski definition) is 6. The first-order chi connectivity index (χ1) is 13.0. The molecular weight excluding hydrogens is 386 g/mol. The molecule has 2 aromatic heterocycles. The molecule has 140 valence electrons. The van der Waals surface area contributed by atoms with Crippen LogP contribution in [0, 0.1) is 13.8 Å². The number of pyridine rings is 1. The number of nitrogens with one attached hydrogen (secondary N) is 1. The van der Waals surface area contributed by atoms with Crippen molar-refractivity contribution in [1.82, 2.24) is 10.1 Å². The lowest BCUT2D eigenvalue weighted by molar-refractivity contribution is 0.102. The number of aryl methyl sites for hydroxylation is 2. The summed E-state index contributed by atoms with van der Waals surface area (Å²) in [7, 11) is 1.54. The fourth-order valence-electron chi connectivity index (χ4n) is 2.49. The lowest BCUT2D eigenvalue weighted by Gasteiger charge is -2.12. The molecule has 0 aliphatic heterocycles. The Bertz CT molecular complexity index is 955. The Morgan fingerprint density at radius 2 is 2.15 bits per heavy atom. The van der Waals surface area contributed by atoms with E-state index in [0.29, 0.717) is 32.8 Å². The van der Waals surface area contributed by atoms with Gasteiger partial charge in [-0.1, -0.05) is 16.8 Å². The molecule has 0 aliphatic carbocycles. The van der Waals surface area contributed by atoms with Crippen LogP contribution in [-0.4, -0.2) is 23.2 Å². The fourth-order valence-corrected chi connectivity index (χ4v) is 3.81. The molecule has 0 saturated heterocycles. The van der Waals surface area contributed by atoms with Crippen molar-refractivity contribution in [2.45, 2.75) is 24.6 Å². The number of amides is 1. The highest BCUT2D eigenvalue weighted by molar-refractivity contribution is 7.98. The van der Waals surface area contributed by atoms with Gasteiger partial charge in [-0.15, -0.1) is 11.8 Å². The van der Waals surface area contributed by atoms with Crippen LogP contribution in [0.5, 0.6) is 5.75 Å². The second-order valence-corrected chi connectivity index (χ2v) is 7.15. The van der Waals surface area contributed by atoms with E-state index in [-0.39, 0.29) is 5.91 Å². The number of ether oxygens (including phenoxy) is 1. The zero-order valence-corrected chi connectivity index (χ0v) is 16.6. The number of aromatic nitrogens is 2. The summed E-state index contributed by atoms with van der Waals surface area (Å²) in [5, 5.41) is 7.92. The van der Waals surface area contributed by atoms with Crippen LogP contribution in [-0.2, 0) is 5.75 Å². The molecule has 3 aromatic rings. The van der Waals surface area contributed by atoms with Gasteiger partial charge < -0.3 is 14.6 Å². The molecule has 0 aliphatic rings. The lowest BCUT2D eigenvalue weighted by atomic mass is 10.2. The van der Waals surface area contributed by atoms with Crippen LogP contribution in [0.25, 0.3) is 0 Å². The zero-order valence-electron chi connectivity index (χ0n) is 15.1. The third-order valence-electron chi connectivity index (χ3n) is 3.96. The molecule has 3 rings (SSSR count). The third kappa shape index (κ3) is 4.43. The molecule has 0 radical (unpaired) electrons. The minimum atomic E-state index is -0.287. The van der Waals surface area contributed by atoms with Gasteiger partial charge in [-0.25, -0.2) is 4.98 Å². The van der Waals surface area contributed by atoms with E-state index in [1.807, 2.05) is 13.8 Å². The van der Waals surface area contributed by atoms with Crippen molar-refractivity contribution in [2.24, 2.45) is 0 Å². The van der Waals surface area contributed by atoms with E-state index >= 15 is 0 Å². The average Bonchev–Trinajstić information content (AvgIpc) is 2.98. The number of carbonyl (C=O) groups excluding carboxylic acids is 1. The van der Waals surface area contributed by atoms with E-state index in [1.54, 1.807) is 36.5 Å². The van der Waals surface area contributed by atoms with Crippen molar-refractivity contribution in [3.8, 4) is 5.75 Å². The minimum Gasteiger partial charge on any atom is -0.495 e. The number of halogens is 1. The van der Waals surface area contributed by atoms with Crippen molar-refractivity contribution in [3.05, 3.63) is 64.1 Å². The number of rotatable bonds is 6. The number of anilines is 1. The van der Waals surface area contributed by atoms with Gasteiger partial charge in [0.2, 0.25) is 0 Å². The summed E-state index contributed by atoms with van der Waals surface area (Å²) >= 11 is 7.49. The highest BCUT2D eigenvalue weighted by Crippen LogP contribution is 2.30. The number of nitrogens with zero attached hydrogens (tertiary/aromatic N) is 2. The molecule has 1 N–H and O–H groups in total. The molecule has 0 saturated carbocycles. The summed E-state index contributed by atoms with van der Waals surface area (Å²) in [6.45, 7) is 3.76. The fraction of sp³-hybridized carbons (Fsp3) is 0.211. The van der Waals surface area contributed by atoms with Gasteiger partial charge in [0, 0.05) is 22.5 Å². The molecule has 1 aromatic carbocycles. The number of thioether (sulfide) groups is 1. The summed E-state index contributed by atoms with van der Waals surface area (Å²) in [6.07, 6.45) is 1.66. The van der Waals surface area contributed by atoms with E-state index in [0.717, 1.165) is 17.0 Å². The highest BCUT2D eigenvalue weighted by atomic mass is 35.5. The lowest BCUT2D eigenvalue weighted by Crippen LogP contribution is -2.14. The highest BCUT2D eigenvalue weighted by Gasteiger charge is 2.17. The Labute approximate surface area is 166 Å². The predicted octanol–water partition coefficient (Wildman–Crippen LogP) is 4.89. The van der Waals surface area contributed by atoms with Crippen LogP contribution in [0.4, 0.5) is 5.69 Å². The van der Waals surface area contributed by atoms with Gasteiger partial charge in [-0.2, -0.15) is 0 Å². The van der Waals surface area contributed by atoms with E-state index in [9.17, 15) is 4.79 Å². The standard InChI is InChI=1S/C19H18ClN3O3S/c1-11-15(12(2)26-23-11)10-27-19-14(5-4-8-21-19)18(24)22-16-9-13(20)6-7-17(16)25-3/h4-9H,10H2,1-3H3,(H,22,24). The maximum Gasteiger partial charge on any atom is 0.258 e. The average molecular weight is 404 g/mol. The van der Waals surface area contributed by atoms with Gasteiger partial charge in [0.15, 0.2) is 0 Å². The monoisotopic (exact) mass is 403 g/mol. The molecule has 2 heterocycles. The largest absolute Gasteiger partial charge is 0.495 e. The second-order valence-electron chi connectivity index (χ2n) is 5.75. The van der Waals surface area contributed by atoms with Gasteiger partial charge in [-0.05, 0) is 44.2 Å². The Balaban J connectivity index is 1.81. The smallest absolute Gasteiger partial charge is 0.258 e. The Hall–Kier alpha value is -2.51. The van der Waals surface area contributed by atoms with E-state index in [1.165, 1.54) is 18.9 Å². The second kappa shape index (κ2) is 8.45. The van der Waals surface area contributed by atoms with Crippen LogP contribution in [0.3, 0.4) is 0 Å². The summed E-state index contributed by atoms with van der Waals surface area (Å²) in [5.74, 6) is 1.62. The molecule has 27 heavy (non-hydrogen) atoms. The predicted molar refractivity (Wildman–Crippen MR) is 106 cm³/mol. The van der Waals surface area contributed by atoms with Crippen molar-refractivity contribution < 1.29 is 14.1 Å². The molecule has 8 heteroatoms. The van der Waals surface area contributed by atoms with E-state index < -0.39 is 0 Å². The first kappa shape index (κ1) is 19.3. The van der Waals surface area contributed by atoms with Gasteiger partial charge in [0.1, 0.15) is 16.5 Å². The molecule has 0 unspecified atom stereocenters. The molecule has 0 atom stereocenters. The Morgan fingerprint density at radius 1 is 1.33 bits per heavy atom. The topological polar surface area (TPSA) is 77.2 Å². The van der Waals surface area contributed by atoms with Gasteiger partial charge >= 0.3 is 0 Å². The molecule has 0 fully saturated rings. The molecule has 0 bridgehead atoms. The number of carbonyl (C=O) groups is 1. The quantitative estimate of drug-likeness (QED) is 0.590. The van der Waals surface area contributed by atoms with Gasteiger partial charge in [0.05, 0.1) is 24.1 Å². The van der Waals surface area contributed by atoms with Crippen molar-refractivity contribution in [2.75, 3.05) is 12.4 Å². The maximum absolute atomic E-state index is 12.8. The van der Waals surface area contributed by atoms with Crippen LogP contribution in [0.15, 0.2) is 46.1 Å². The van der Waals surface area contributed by atoms with Crippen molar-refractivity contribution >= 4 is 35.0 Å². The molecular formula is C19H18ClN3O3S.